The third kappa shape index (κ3) is 10.4. The van der Waals surface area contributed by atoms with E-state index in [1.807, 2.05) is 36.4 Å². The average Bonchev–Trinajstić information content (AvgIpc) is 3.24. The molecule has 0 saturated carbocycles. The Balaban J connectivity index is 0.775. The molecule has 9 heteroatoms. The van der Waals surface area contributed by atoms with Gasteiger partial charge in [0.15, 0.2) is 0 Å². The summed E-state index contributed by atoms with van der Waals surface area (Å²) in [5, 5.41) is 23.0. The molecule has 0 radical (unpaired) electrons. The van der Waals surface area contributed by atoms with Gasteiger partial charge in [-0.15, -0.1) is 0 Å². The molecule has 280 valence electrons. The predicted octanol–water partition coefficient (Wildman–Crippen LogP) is 10.4. The van der Waals surface area contributed by atoms with Gasteiger partial charge < -0.3 is 43.4 Å². The van der Waals surface area contributed by atoms with Gasteiger partial charge in [-0.2, -0.15) is 0 Å². The lowest BCUT2D eigenvalue weighted by molar-refractivity contribution is -0.478. The summed E-state index contributed by atoms with van der Waals surface area (Å²) in [5.74, 6) is 0. The van der Waals surface area contributed by atoms with Crippen molar-refractivity contribution in [1.29, 1.82) is 0 Å². The Morgan fingerprint density at radius 1 is 0.211 bits per heavy atom. The highest BCUT2D eigenvalue weighted by atomic mass is 14.9. The van der Waals surface area contributed by atoms with Gasteiger partial charge in [0.25, 0.3) is 0 Å². The number of nitrogens with two attached hydrogens (primary N) is 1. The minimum absolute atomic E-state index is 0.998. The van der Waals surface area contributed by atoms with Crippen LogP contribution >= 0.6 is 0 Å². The second-order valence-electron chi connectivity index (χ2n) is 13.8. The average molecular weight is 749 g/mol. The van der Waals surface area contributed by atoms with Gasteiger partial charge in [0.1, 0.15) is 22.7 Å². The maximum atomic E-state index is 3.95. The van der Waals surface area contributed by atoms with Crippen molar-refractivity contribution >= 4 is 91.0 Å². The fourth-order valence-corrected chi connectivity index (χ4v) is 6.24. The molecule has 8 rings (SSSR count). The molecule has 57 heavy (non-hydrogen) atoms. The maximum absolute atomic E-state index is 3.95. The molecule has 0 heterocycles. The molecule has 0 spiro atoms. The summed E-state index contributed by atoms with van der Waals surface area (Å²) in [7, 11) is 0. The molecule has 0 saturated heterocycles. The summed E-state index contributed by atoms with van der Waals surface area (Å²) in [4.78, 5) is 0. The third-order valence-electron chi connectivity index (χ3n) is 9.33. The molecular formula is C48H46N9+3. The van der Waals surface area contributed by atoms with Crippen molar-refractivity contribution in [3.63, 3.8) is 0 Å². The van der Waals surface area contributed by atoms with Crippen LogP contribution in [0, 0.1) is 0 Å². The number of rotatable bonds is 14. The summed E-state index contributed by atoms with van der Waals surface area (Å²) in [6.45, 7) is 0. The Kier molecular flexibility index (Phi) is 11.0. The fourth-order valence-electron chi connectivity index (χ4n) is 6.24. The Labute approximate surface area is 332 Å². The van der Waals surface area contributed by atoms with Crippen molar-refractivity contribution in [2.45, 2.75) is 0 Å². The lowest BCUT2D eigenvalue weighted by atomic mass is 10.2. The quantitative estimate of drug-likeness (QED) is 0.0507. The van der Waals surface area contributed by atoms with E-state index in [0.29, 0.717) is 0 Å². The number of nitrogens with one attached hydrogen (secondary N) is 6. The zero-order valence-electron chi connectivity index (χ0n) is 31.5. The van der Waals surface area contributed by atoms with Crippen molar-refractivity contribution < 1.29 is 16.8 Å². The minimum atomic E-state index is 0.998. The monoisotopic (exact) mass is 748 g/mol. The molecule has 0 atom stereocenters. The third-order valence-corrected chi connectivity index (χ3v) is 9.33. The van der Waals surface area contributed by atoms with Gasteiger partial charge in [-0.1, -0.05) is 0 Å². The van der Waals surface area contributed by atoms with E-state index in [0.717, 1.165) is 91.0 Å². The molecule has 8 aromatic carbocycles. The first-order valence-electron chi connectivity index (χ1n) is 18.9. The second kappa shape index (κ2) is 17.3. The van der Waals surface area contributed by atoms with E-state index < -0.39 is 0 Å². The van der Waals surface area contributed by atoms with E-state index in [2.05, 4.69) is 206 Å². The van der Waals surface area contributed by atoms with Crippen molar-refractivity contribution in [3.05, 3.63) is 194 Å². The smallest absolute Gasteiger partial charge is 0.135 e. The SMILES string of the molecule is [NH3+]c1ccc(Nc2ccc(Nc3ccc(Nc4ccc(Nc5ccc(Nc6ccc(Nc7ccc([NH2+]c8ccc([NH3+])cc8)cc7)cc6)cc5)cc4)cc3)cc2)cc1. The number of quaternary nitrogens is 3. The van der Waals surface area contributed by atoms with Crippen molar-refractivity contribution in [3.8, 4) is 0 Å². The maximum Gasteiger partial charge on any atom is 0.135 e. The van der Waals surface area contributed by atoms with Gasteiger partial charge in [-0.3, -0.25) is 5.32 Å². The van der Waals surface area contributed by atoms with Crippen LogP contribution in [0.1, 0.15) is 0 Å². The Hall–Kier alpha value is -7.56. The molecule has 14 N–H and O–H groups in total. The van der Waals surface area contributed by atoms with Crippen molar-refractivity contribution in [2.75, 3.05) is 31.9 Å². The topological polar surface area (TPSA) is 144 Å². The minimum Gasteiger partial charge on any atom is -0.356 e. The first-order chi connectivity index (χ1) is 27.9. The molecule has 0 amide bonds. The van der Waals surface area contributed by atoms with Crippen LogP contribution in [0.3, 0.4) is 0 Å². The van der Waals surface area contributed by atoms with Crippen LogP contribution in [-0.4, -0.2) is 0 Å². The largest absolute Gasteiger partial charge is 0.356 e. The van der Waals surface area contributed by atoms with Gasteiger partial charge in [-0.25, -0.2) is 0 Å². The van der Waals surface area contributed by atoms with E-state index in [9.17, 15) is 0 Å². The second-order valence-corrected chi connectivity index (χ2v) is 13.8. The van der Waals surface area contributed by atoms with Crippen LogP contribution in [0.25, 0.3) is 0 Å². The molecule has 0 aliphatic rings. The summed E-state index contributed by atoms with van der Waals surface area (Å²) >= 11 is 0. The zero-order valence-corrected chi connectivity index (χ0v) is 31.5. The van der Waals surface area contributed by atoms with Crippen molar-refractivity contribution in [1.82, 2.24) is 0 Å². The number of hydrogen-bond donors (Lipinski definition) is 9. The molecule has 0 unspecified atom stereocenters. The van der Waals surface area contributed by atoms with E-state index in [4.69, 9.17) is 0 Å². The molecule has 0 aliphatic carbocycles. The van der Waals surface area contributed by atoms with Crippen molar-refractivity contribution in [2.24, 2.45) is 0 Å². The molecule has 0 bridgehead atoms. The molecule has 0 fully saturated rings. The lowest BCUT2D eigenvalue weighted by Crippen LogP contribution is -2.70. The Morgan fingerprint density at radius 3 is 0.561 bits per heavy atom. The highest BCUT2D eigenvalue weighted by Crippen LogP contribution is 2.27. The highest BCUT2D eigenvalue weighted by Gasteiger charge is 2.05. The highest BCUT2D eigenvalue weighted by molar-refractivity contribution is 5.72. The molecule has 9 nitrogen and oxygen atoms in total. The first-order valence-corrected chi connectivity index (χ1v) is 18.9. The van der Waals surface area contributed by atoms with E-state index in [1.165, 1.54) is 0 Å². The van der Waals surface area contributed by atoms with Gasteiger partial charge in [0.2, 0.25) is 0 Å². The Morgan fingerprint density at radius 2 is 0.351 bits per heavy atom. The van der Waals surface area contributed by atoms with Gasteiger partial charge in [0.05, 0.1) is 0 Å². The molecule has 8 aromatic rings. The first kappa shape index (κ1) is 36.4. The normalized spacial score (nSPS) is 10.7. The van der Waals surface area contributed by atoms with Gasteiger partial charge in [0, 0.05) is 117 Å². The van der Waals surface area contributed by atoms with Crippen LogP contribution in [-0.2, 0) is 0 Å². The van der Waals surface area contributed by atoms with E-state index >= 15 is 0 Å². The van der Waals surface area contributed by atoms with E-state index in [1.54, 1.807) is 0 Å². The molecule has 0 aliphatic heterocycles. The summed E-state index contributed by atoms with van der Waals surface area (Å²) in [6, 6.07) is 66.2. The van der Waals surface area contributed by atoms with Gasteiger partial charge in [-0.05, 0) is 146 Å². The predicted molar refractivity (Wildman–Crippen MR) is 238 cm³/mol. The molecular weight excluding hydrogens is 703 g/mol. The van der Waals surface area contributed by atoms with Crippen LogP contribution in [0.15, 0.2) is 194 Å². The van der Waals surface area contributed by atoms with Gasteiger partial charge >= 0.3 is 0 Å². The van der Waals surface area contributed by atoms with Crippen LogP contribution < -0.4 is 48.7 Å². The summed E-state index contributed by atoms with van der Waals surface area (Å²) < 4.78 is 0. The number of hydrogen-bond acceptors (Lipinski definition) is 6. The zero-order chi connectivity index (χ0) is 38.8. The number of anilines is 12. The lowest BCUT2D eigenvalue weighted by Gasteiger charge is -2.12. The van der Waals surface area contributed by atoms with E-state index in [-0.39, 0.29) is 0 Å². The standard InChI is InChI=1S/C48H43N9/c49-33-1-5-35(6-2-33)51-37-9-13-39(14-10-37)53-41-17-21-43(22-18-41)55-45-25-29-47(30-26-45)57-48-31-27-46(28-32-48)56-44-23-19-42(20-24-44)54-40-15-11-38(12-16-40)52-36-7-3-34(50)4-8-36/h1-32,51-57H,49-50H2/p+3. The van der Waals surface area contributed by atoms with Crippen LogP contribution in [0.4, 0.5) is 91.0 Å². The van der Waals surface area contributed by atoms with Crippen LogP contribution in [0.2, 0.25) is 0 Å². The molecule has 0 aromatic heterocycles. The fraction of sp³-hybridized carbons (Fsp3) is 0. The Bertz CT molecular complexity index is 2300. The van der Waals surface area contributed by atoms with Crippen LogP contribution in [0.5, 0.6) is 0 Å². The summed E-state index contributed by atoms with van der Waals surface area (Å²) in [6.07, 6.45) is 0. The summed E-state index contributed by atoms with van der Waals surface area (Å²) in [5.41, 5.74) is 24.5. The number of benzene rings is 8.